The van der Waals surface area contributed by atoms with Crippen molar-refractivity contribution in [2.75, 3.05) is 33.7 Å². The van der Waals surface area contributed by atoms with Crippen molar-refractivity contribution in [3.63, 3.8) is 0 Å². The first-order chi connectivity index (χ1) is 6.22. The highest BCUT2D eigenvalue weighted by atomic mass is 15.1. The molecule has 1 N–H and O–H groups in total. The summed E-state index contributed by atoms with van der Waals surface area (Å²) in [4.78, 5) is 2.47. The number of hydrogen-bond acceptors (Lipinski definition) is 2. The van der Waals surface area contributed by atoms with Crippen LogP contribution in [0, 0.1) is 11.8 Å². The van der Waals surface area contributed by atoms with Crippen LogP contribution in [0.3, 0.4) is 0 Å². The van der Waals surface area contributed by atoms with Crippen LogP contribution >= 0.6 is 0 Å². The average Bonchev–Trinajstić information content (AvgIpc) is 2.84. The normalized spacial score (nSPS) is 19.4. The van der Waals surface area contributed by atoms with Gasteiger partial charge in [-0.05, 0) is 45.4 Å². The van der Waals surface area contributed by atoms with Crippen LogP contribution < -0.4 is 5.32 Å². The molecule has 1 rings (SSSR count). The standard InChI is InChI=1S/C11H24N2/c1-10(8-12-2)9-13(3)7-6-11-4-5-11/h10-12H,4-9H2,1-3H3. The van der Waals surface area contributed by atoms with Crippen LogP contribution in [-0.4, -0.2) is 38.6 Å². The number of hydrogen-bond donors (Lipinski definition) is 1. The first-order valence-electron chi connectivity index (χ1n) is 5.55. The molecule has 2 nitrogen and oxygen atoms in total. The van der Waals surface area contributed by atoms with Crippen LogP contribution in [-0.2, 0) is 0 Å². The third-order valence-corrected chi connectivity index (χ3v) is 2.79. The van der Waals surface area contributed by atoms with E-state index in [0.29, 0.717) is 0 Å². The van der Waals surface area contributed by atoms with Crippen molar-refractivity contribution in [1.82, 2.24) is 10.2 Å². The first kappa shape index (κ1) is 11.0. The maximum atomic E-state index is 3.22. The van der Waals surface area contributed by atoms with Crippen LogP contribution in [0.5, 0.6) is 0 Å². The Labute approximate surface area is 82.7 Å². The molecule has 1 aliphatic carbocycles. The zero-order chi connectivity index (χ0) is 9.68. The summed E-state index contributed by atoms with van der Waals surface area (Å²) < 4.78 is 0. The molecule has 13 heavy (non-hydrogen) atoms. The van der Waals surface area contributed by atoms with Gasteiger partial charge in [-0.15, -0.1) is 0 Å². The third kappa shape index (κ3) is 5.27. The molecule has 1 aliphatic rings. The summed E-state index contributed by atoms with van der Waals surface area (Å²) in [6.45, 7) is 5.96. The quantitative estimate of drug-likeness (QED) is 0.646. The van der Waals surface area contributed by atoms with E-state index in [-0.39, 0.29) is 0 Å². The van der Waals surface area contributed by atoms with Gasteiger partial charge in [-0.3, -0.25) is 0 Å². The highest BCUT2D eigenvalue weighted by molar-refractivity contribution is 4.74. The van der Waals surface area contributed by atoms with Crippen LogP contribution in [0.15, 0.2) is 0 Å². The van der Waals surface area contributed by atoms with Crippen molar-refractivity contribution in [2.45, 2.75) is 26.2 Å². The lowest BCUT2D eigenvalue weighted by Crippen LogP contribution is -2.30. The smallest absolute Gasteiger partial charge is 0.00161 e. The van der Waals surface area contributed by atoms with E-state index in [1.807, 2.05) is 7.05 Å². The van der Waals surface area contributed by atoms with Gasteiger partial charge in [0.25, 0.3) is 0 Å². The molecule has 0 amide bonds. The van der Waals surface area contributed by atoms with Gasteiger partial charge in [-0.1, -0.05) is 19.8 Å². The fourth-order valence-electron chi connectivity index (χ4n) is 1.85. The second-order valence-electron chi connectivity index (χ2n) is 4.66. The molecule has 1 fully saturated rings. The lowest BCUT2D eigenvalue weighted by Gasteiger charge is -2.20. The minimum atomic E-state index is 0.772. The molecular formula is C11H24N2. The van der Waals surface area contributed by atoms with Crippen molar-refractivity contribution in [3.8, 4) is 0 Å². The van der Waals surface area contributed by atoms with Gasteiger partial charge in [0.2, 0.25) is 0 Å². The van der Waals surface area contributed by atoms with Gasteiger partial charge in [-0.2, -0.15) is 0 Å². The molecule has 78 valence electrons. The largest absolute Gasteiger partial charge is 0.319 e. The van der Waals surface area contributed by atoms with E-state index >= 15 is 0 Å². The molecule has 0 aliphatic heterocycles. The molecule has 2 heteroatoms. The zero-order valence-corrected chi connectivity index (χ0v) is 9.34. The van der Waals surface area contributed by atoms with E-state index in [1.54, 1.807) is 0 Å². The molecule has 0 spiro atoms. The van der Waals surface area contributed by atoms with Crippen molar-refractivity contribution < 1.29 is 0 Å². The summed E-state index contributed by atoms with van der Waals surface area (Å²) in [5.41, 5.74) is 0. The Morgan fingerprint density at radius 2 is 2.15 bits per heavy atom. The molecule has 0 aromatic carbocycles. The molecule has 0 aromatic rings. The summed E-state index contributed by atoms with van der Waals surface area (Å²) in [6, 6.07) is 0. The predicted molar refractivity (Wildman–Crippen MR) is 57.9 cm³/mol. The molecule has 0 saturated heterocycles. The second kappa shape index (κ2) is 5.61. The van der Waals surface area contributed by atoms with E-state index in [0.717, 1.165) is 18.4 Å². The van der Waals surface area contributed by atoms with E-state index in [1.165, 1.54) is 32.4 Å². The third-order valence-electron chi connectivity index (χ3n) is 2.79. The fraction of sp³-hybridized carbons (Fsp3) is 1.00. The van der Waals surface area contributed by atoms with Gasteiger partial charge in [-0.25, -0.2) is 0 Å². The van der Waals surface area contributed by atoms with Crippen LogP contribution in [0.25, 0.3) is 0 Å². The fourth-order valence-corrected chi connectivity index (χ4v) is 1.85. The average molecular weight is 184 g/mol. The topological polar surface area (TPSA) is 15.3 Å². The molecule has 0 bridgehead atoms. The highest BCUT2D eigenvalue weighted by Gasteiger charge is 2.21. The molecule has 0 radical (unpaired) electrons. The van der Waals surface area contributed by atoms with Crippen LogP contribution in [0.2, 0.25) is 0 Å². The van der Waals surface area contributed by atoms with Crippen molar-refractivity contribution >= 4 is 0 Å². The SMILES string of the molecule is CNCC(C)CN(C)CCC1CC1. The summed E-state index contributed by atoms with van der Waals surface area (Å²) in [7, 11) is 4.27. The minimum Gasteiger partial charge on any atom is -0.319 e. The Morgan fingerprint density at radius 1 is 1.46 bits per heavy atom. The molecule has 1 unspecified atom stereocenters. The number of rotatable bonds is 7. The van der Waals surface area contributed by atoms with Crippen LogP contribution in [0.1, 0.15) is 26.2 Å². The summed E-state index contributed by atoms with van der Waals surface area (Å²) in [5, 5.41) is 3.22. The minimum absolute atomic E-state index is 0.772. The highest BCUT2D eigenvalue weighted by Crippen LogP contribution is 2.32. The monoisotopic (exact) mass is 184 g/mol. The van der Waals surface area contributed by atoms with Crippen molar-refractivity contribution in [3.05, 3.63) is 0 Å². The maximum Gasteiger partial charge on any atom is 0.00161 e. The van der Waals surface area contributed by atoms with Gasteiger partial charge in [0.15, 0.2) is 0 Å². The second-order valence-corrected chi connectivity index (χ2v) is 4.66. The lowest BCUT2D eigenvalue weighted by molar-refractivity contribution is 0.275. The molecular weight excluding hydrogens is 160 g/mol. The van der Waals surface area contributed by atoms with Crippen LogP contribution in [0.4, 0.5) is 0 Å². The van der Waals surface area contributed by atoms with Gasteiger partial charge in [0.05, 0.1) is 0 Å². The van der Waals surface area contributed by atoms with E-state index in [9.17, 15) is 0 Å². The molecule has 1 atom stereocenters. The predicted octanol–water partition coefficient (Wildman–Crippen LogP) is 1.57. The summed E-state index contributed by atoms with van der Waals surface area (Å²) in [5.74, 6) is 1.84. The molecule has 0 aromatic heterocycles. The molecule has 0 heterocycles. The maximum absolute atomic E-state index is 3.22. The van der Waals surface area contributed by atoms with E-state index in [2.05, 4.69) is 24.2 Å². The van der Waals surface area contributed by atoms with Crippen molar-refractivity contribution in [1.29, 1.82) is 0 Å². The Morgan fingerprint density at radius 3 is 2.69 bits per heavy atom. The Bertz CT molecular complexity index is 132. The van der Waals surface area contributed by atoms with E-state index in [4.69, 9.17) is 0 Å². The van der Waals surface area contributed by atoms with Crippen molar-refractivity contribution in [2.24, 2.45) is 11.8 Å². The van der Waals surface area contributed by atoms with E-state index < -0.39 is 0 Å². The zero-order valence-electron chi connectivity index (χ0n) is 9.34. The summed E-state index contributed by atoms with van der Waals surface area (Å²) in [6.07, 6.45) is 4.39. The van der Waals surface area contributed by atoms with Gasteiger partial charge in [0.1, 0.15) is 0 Å². The van der Waals surface area contributed by atoms with Gasteiger partial charge in [0, 0.05) is 6.54 Å². The Hall–Kier alpha value is -0.0800. The lowest BCUT2D eigenvalue weighted by atomic mass is 10.1. The number of nitrogens with zero attached hydrogens (tertiary/aromatic N) is 1. The Kier molecular flexibility index (Phi) is 4.74. The van der Waals surface area contributed by atoms with Gasteiger partial charge < -0.3 is 10.2 Å². The first-order valence-corrected chi connectivity index (χ1v) is 5.55. The number of nitrogens with one attached hydrogen (secondary N) is 1. The molecule has 1 saturated carbocycles. The Balaban J connectivity index is 1.97. The summed E-state index contributed by atoms with van der Waals surface area (Å²) >= 11 is 0. The van der Waals surface area contributed by atoms with Gasteiger partial charge >= 0.3 is 0 Å².